The third-order valence-corrected chi connectivity index (χ3v) is 9.72. The molecular weight excluding hydrogens is 553 g/mol. The van der Waals surface area contributed by atoms with E-state index in [4.69, 9.17) is 11.6 Å². The molecule has 10 heteroatoms. The Bertz CT molecular complexity index is 1300. The second-order valence-electron chi connectivity index (χ2n) is 11.7. The van der Waals surface area contributed by atoms with Crippen molar-refractivity contribution in [1.29, 1.82) is 0 Å². The first-order chi connectivity index (χ1) is 18.7. The quantitative estimate of drug-likeness (QED) is 0.381. The normalized spacial score (nSPS) is 28.0. The fourth-order valence-electron chi connectivity index (χ4n) is 7.13. The smallest absolute Gasteiger partial charge is 0.426 e. The minimum absolute atomic E-state index is 0.0330. The van der Waals surface area contributed by atoms with E-state index in [9.17, 15) is 32.3 Å². The summed E-state index contributed by atoms with van der Waals surface area (Å²) >= 11 is 6.37. The zero-order valence-corrected chi connectivity index (χ0v) is 22.8. The number of likely N-dealkylation sites (tertiary alicyclic amines) is 1. The van der Waals surface area contributed by atoms with Gasteiger partial charge in [0, 0.05) is 34.5 Å². The molecule has 0 radical (unpaired) electrons. The lowest BCUT2D eigenvalue weighted by atomic mass is 9.63. The van der Waals surface area contributed by atoms with Crippen molar-refractivity contribution in [3.63, 3.8) is 0 Å². The summed E-state index contributed by atoms with van der Waals surface area (Å²) in [5, 5.41) is 9.01. The van der Waals surface area contributed by atoms with E-state index in [0.717, 1.165) is 5.56 Å². The number of halogens is 6. The zero-order valence-electron chi connectivity index (χ0n) is 22.0. The Morgan fingerprint density at radius 2 is 1.65 bits per heavy atom. The van der Waals surface area contributed by atoms with Crippen LogP contribution in [0, 0.1) is 17.7 Å². The third-order valence-electron chi connectivity index (χ3n) is 9.41. The number of alkyl halides is 4. The monoisotopic (exact) mass is 583 g/mol. The van der Waals surface area contributed by atoms with Gasteiger partial charge in [0.15, 0.2) is 0 Å². The van der Waals surface area contributed by atoms with E-state index in [1.54, 1.807) is 12.1 Å². The lowest BCUT2D eigenvalue weighted by Crippen LogP contribution is -2.51. The van der Waals surface area contributed by atoms with Crippen LogP contribution in [-0.2, 0) is 33.5 Å². The number of hydrogen-bond acceptors (Lipinski definition) is 2. The predicted octanol–water partition coefficient (Wildman–Crippen LogP) is 7.14. The Labute approximate surface area is 234 Å². The number of carbonyl (C=O) groups excluding carboxylic acids is 1. The van der Waals surface area contributed by atoms with Gasteiger partial charge in [-0.05, 0) is 93.2 Å². The van der Waals surface area contributed by atoms with Crippen LogP contribution in [0.15, 0.2) is 36.4 Å². The van der Waals surface area contributed by atoms with E-state index >= 15 is 4.39 Å². The van der Waals surface area contributed by atoms with E-state index < -0.39 is 40.5 Å². The molecule has 5 rings (SSSR count). The number of benzene rings is 2. The van der Waals surface area contributed by atoms with Gasteiger partial charge in [-0.2, -0.15) is 13.2 Å². The van der Waals surface area contributed by atoms with E-state index in [0.29, 0.717) is 76.0 Å². The molecule has 2 aromatic carbocycles. The average molecular weight is 584 g/mol. The minimum atomic E-state index is -5.15. The maximum absolute atomic E-state index is 15.0. The molecule has 4 nitrogen and oxygen atoms in total. The topological polar surface area (TPSA) is 57.6 Å². The number of rotatable bonds is 5. The Kier molecular flexibility index (Phi) is 7.43. The van der Waals surface area contributed by atoms with Gasteiger partial charge >= 0.3 is 12.1 Å². The van der Waals surface area contributed by atoms with Crippen LogP contribution < -0.4 is 0 Å². The molecule has 2 aliphatic carbocycles. The summed E-state index contributed by atoms with van der Waals surface area (Å²) in [6.45, 7) is 0.890. The Hall–Kier alpha value is -2.68. The molecular formula is C30H31ClF5NO3. The number of aliphatic carboxylic acids is 1. The third kappa shape index (κ3) is 4.88. The molecule has 216 valence electrons. The summed E-state index contributed by atoms with van der Waals surface area (Å²) in [5.41, 5.74) is -2.89. The Morgan fingerprint density at radius 1 is 1.02 bits per heavy atom. The number of carboxylic acids is 1. The largest absolute Gasteiger partial charge is 0.481 e. The Balaban J connectivity index is 1.53. The maximum Gasteiger partial charge on any atom is 0.426 e. The summed E-state index contributed by atoms with van der Waals surface area (Å²) in [4.78, 5) is 27.0. The van der Waals surface area contributed by atoms with Crippen LogP contribution in [0.3, 0.4) is 0 Å². The Morgan fingerprint density at radius 3 is 2.25 bits per heavy atom. The molecule has 2 fully saturated rings. The van der Waals surface area contributed by atoms with Crippen molar-refractivity contribution in [3.8, 4) is 0 Å². The number of amides is 1. The van der Waals surface area contributed by atoms with Crippen LogP contribution in [0.4, 0.5) is 22.0 Å². The average Bonchev–Trinajstić information content (AvgIpc) is 3.28. The zero-order chi connectivity index (χ0) is 29.0. The second-order valence-corrected chi connectivity index (χ2v) is 12.1. The molecule has 0 aromatic heterocycles. The van der Waals surface area contributed by atoms with Gasteiger partial charge in [0.2, 0.25) is 11.6 Å². The van der Waals surface area contributed by atoms with Crippen LogP contribution in [0.2, 0.25) is 5.02 Å². The van der Waals surface area contributed by atoms with Gasteiger partial charge in [0.1, 0.15) is 5.82 Å². The summed E-state index contributed by atoms with van der Waals surface area (Å²) in [6, 6.07) is 8.39. The van der Waals surface area contributed by atoms with Gasteiger partial charge in [-0.3, -0.25) is 9.59 Å². The van der Waals surface area contributed by atoms with Crippen molar-refractivity contribution in [2.45, 2.75) is 81.6 Å². The molecule has 1 heterocycles. The molecule has 40 heavy (non-hydrogen) atoms. The first-order valence-electron chi connectivity index (χ1n) is 13.6. The highest BCUT2D eigenvalue weighted by molar-refractivity contribution is 6.31. The lowest BCUT2D eigenvalue weighted by molar-refractivity contribution is -0.228. The molecule has 1 N–H and O–H groups in total. The highest BCUT2D eigenvalue weighted by atomic mass is 35.5. The number of nitrogens with zero attached hydrogens (tertiary/aromatic N) is 1. The predicted molar refractivity (Wildman–Crippen MR) is 139 cm³/mol. The van der Waals surface area contributed by atoms with Gasteiger partial charge in [0.25, 0.3) is 0 Å². The number of fused-ring (bicyclic) bond motifs is 3. The van der Waals surface area contributed by atoms with Gasteiger partial charge in [-0.15, -0.1) is 0 Å². The lowest BCUT2D eigenvalue weighted by Gasteiger charge is -2.45. The van der Waals surface area contributed by atoms with E-state index in [-0.39, 0.29) is 22.9 Å². The van der Waals surface area contributed by atoms with E-state index in [2.05, 4.69) is 0 Å². The highest BCUT2D eigenvalue weighted by Crippen LogP contribution is 2.53. The van der Waals surface area contributed by atoms with Crippen molar-refractivity contribution < 1.29 is 36.6 Å². The molecule has 1 amide bonds. The number of carboxylic acid groups (broad SMARTS) is 1. The van der Waals surface area contributed by atoms with Gasteiger partial charge in [-0.1, -0.05) is 29.8 Å². The molecule has 1 unspecified atom stereocenters. The molecule has 1 saturated heterocycles. The second kappa shape index (κ2) is 10.3. The summed E-state index contributed by atoms with van der Waals surface area (Å²) in [6.07, 6.45) is -1.56. The van der Waals surface area contributed by atoms with Crippen LogP contribution in [-0.4, -0.2) is 40.6 Å². The van der Waals surface area contributed by atoms with Crippen LogP contribution >= 0.6 is 11.6 Å². The molecule has 1 aliphatic heterocycles. The molecule has 0 bridgehead atoms. The van der Waals surface area contributed by atoms with E-state index in [1.807, 2.05) is 4.90 Å². The van der Waals surface area contributed by atoms with E-state index in [1.165, 1.54) is 24.3 Å². The fraction of sp³-hybridized carbons (Fsp3) is 0.533. The van der Waals surface area contributed by atoms with Crippen LogP contribution in [0.5, 0.6) is 0 Å². The van der Waals surface area contributed by atoms with Gasteiger partial charge in [-0.25, -0.2) is 8.78 Å². The highest BCUT2D eigenvalue weighted by Gasteiger charge is 2.57. The summed E-state index contributed by atoms with van der Waals surface area (Å²) < 4.78 is 69.5. The van der Waals surface area contributed by atoms with Gasteiger partial charge in [0.05, 0.1) is 5.92 Å². The van der Waals surface area contributed by atoms with Crippen LogP contribution in [0.1, 0.15) is 67.7 Å². The van der Waals surface area contributed by atoms with Crippen molar-refractivity contribution in [3.05, 3.63) is 69.5 Å². The summed E-state index contributed by atoms with van der Waals surface area (Å²) in [7, 11) is 0. The number of aryl methyl sites for hydroxylation is 1. The van der Waals surface area contributed by atoms with Crippen LogP contribution in [0.25, 0.3) is 0 Å². The molecule has 3 atom stereocenters. The standard InChI is InChI=1S/C30H31ClF5NO3/c1-28(33,30(34,35)36)23-14-20-8-11-25-29(22(20)15-24(23)31,16-17-2-9-21(32)10-3-17)12-13-37(25)26(38)18-4-6-19(7-5-18)27(39)40/h2-3,9-10,14-15,18-19,25H,4-8,11-13,16H2,1H3,(H,39,40)/t18?,19?,25-,28?,29-/m1/s1. The molecule has 1 saturated carbocycles. The summed E-state index contributed by atoms with van der Waals surface area (Å²) in [5.74, 6) is -2.02. The van der Waals surface area contributed by atoms with Crippen molar-refractivity contribution in [2.75, 3.05) is 6.54 Å². The molecule has 3 aliphatic rings. The first-order valence-corrected chi connectivity index (χ1v) is 14.0. The minimum Gasteiger partial charge on any atom is -0.481 e. The van der Waals surface area contributed by atoms with Crippen molar-refractivity contribution >= 4 is 23.5 Å². The SMILES string of the molecule is CC(F)(c1cc2c(cc1Cl)[C@]1(Cc3ccc(F)cc3)CCN(C(=O)C3CCC(C(=O)O)CC3)[C@@H]1CC2)C(F)(F)F. The number of carbonyl (C=O) groups is 2. The molecule has 0 spiro atoms. The van der Waals surface area contributed by atoms with Crippen molar-refractivity contribution in [2.24, 2.45) is 11.8 Å². The first kappa shape index (κ1) is 28.8. The van der Waals surface area contributed by atoms with Crippen molar-refractivity contribution in [1.82, 2.24) is 4.90 Å². The number of hydrogen-bond donors (Lipinski definition) is 1. The van der Waals surface area contributed by atoms with Gasteiger partial charge < -0.3 is 10.0 Å². The maximum atomic E-state index is 15.0. The molecule has 2 aromatic rings. The fourth-order valence-corrected chi connectivity index (χ4v) is 7.47.